The fraction of sp³-hybridized carbons (Fsp3) is 0.273. The average Bonchev–Trinajstić information content (AvgIpc) is 3.46. The number of imide groups is 1. The van der Waals surface area contributed by atoms with Crippen molar-refractivity contribution < 1.29 is 18.7 Å². The molecule has 4 N–H and O–H groups in total. The van der Waals surface area contributed by atoms with Gasteiger partial charge in [-0.3, -0.25) is 19.8 Å². The summed E-state index contributed by atoms with van der Waals surface area (Å²) in [6.07, 6.45) is 4.74. The van der Waals surface area contributed by atoms with Gasteiger partial charge in [0.05, 0.1) is 17.6 Å². The third-order valence-electron chi connectivity index (χ3n) is 8.41. The quantitative estimate of drug-likeness (QED) is 0.212. The second kappa shape index (κ2) is 12.5. The number of pyridine rings is 1. The van der Waals surface area contributed by atoms with Crippen LogP contribution in [0.25, 0.3) is 22.3 Å². The van der Waals surface area contributed by atoms with Gasteiger partial charge in [-0.1, -0.05) is 18.2 Å². The van der Waals surface area contributed by atoms with Crippen LogP contribution in [0.4, 0.5) is 16.0 Å². The topological polar surface area (TPSA) is 153 Å². The largest absolute Gasteiger partial charge is 0.457 e. The molecule has 2 aliphatic rings. The summed E-state index contributed by atoms with van der Waals surface area (Å²) in [6, 6.07) is 18.2. The number of rotatable bonds is 8. The Kier molecular flexibility index (Phi) is 7.97. The summed E-state index contributed by atoms with van der Waals surface area (Å²) in [4.78, 5) is 39.1. The number of piperidine rings is 2. The van der Waals surface area contributed by atoms with Crippen molar-refractivity contribution in [3.05, 3.63) is 84.6 Å². The maximum atomic E-state index is 14.3. The number of hydrogen-bond acceptors (Lipinski definition) is 10. The minimum absolute atomic E-state index is 0.0641. The van der Waals surface area contributed by atoms with Gasteiger partial charge in [0.1, 0.15) is 47.0 Å². The summed E-state index contributed by atoms with van der Waals surface area (Å²) in [6.45, 7) is 1.90. The van der Waals surface area contributed by atoms with E-state index in [1.54, 1.807) is 0 Å². The highest BCUT2D eigenvalue weighted by Gasteiger charge is 2.29. The predicted molar refractivity (Wildman–Crippen MR) is 169 cm³/mol. The van der Waals surface area contributed by atoms with Crippen LogP contribution in [0.2, 0.25) is 0 Å². The summed E-state index contributed by atoms with van der Waals surface area (Å²) in [5, 5.41) is 11.2. The number of nitrogens with zero attached hydrogens (tertiary/aromatic N) is 6. The van der Waals surface area contributed by atoms with Crippen molar-refractivity contribution in [3.8, 4) is 22.8 Å². The molecule has 1 unspecified atom stereocenters. The summed E-state index contributed by atoms with van der Waals surface area (Å²) in [7, 11) is 0. The molecule has 2 saturated heterocycles. The number of nitrogens with two attached hydrogens (primary N) is 1. The van der Waals surface area contributed by atoms with Crippen LogP contribution in [-0.2, 0) is 16.1 Å². The number of aromatic nitrogens is 5. The summed E-state index contributed by atoms with van der Waals surface area (Å²) in [5.74, 6) is 1.11. The van der Waals surface area contributed by atoms with Gasteiger partial charge in [-0.2, -0.15) is 5.10 Å². The molecule has 234 valence electrons. The molecular formula is C33H32FN9O3. The fourth-order valence-corrected chi connectivity index (χ4v) is 6.05. The molecule has 0 aliphatic carbocycles. The first-order valence-electron chi connectivity index (χ1n) is 15.2. The first kappa shape index (κ1) is 29.3. The number of hydrogen-bond donors (Lipinski definition) is 3. The molecule has 5 heterocycles. The minimum atomic E-state index is -0.607. The lowest BCUT2D eigenvalue weighted by Gasteiger charge is -2.32. The lowest BCUT2D eigenvalue weighted by atomic mass is 10.0. The number of anilines is 2. The predicted octanol–water partition coefficient (Wildman–Crippen LogP) is 4.46. The summed E-state index contributed by atoms with van der Waals surface area (Å²) >= 11 is 0. The second-order valence-electron chi connectivity index (χ2n) is 11.5. The van der Waals surface area contributed by atoms with Crippen LogP contribution in [0.15, 0.2) is 73.2 Å². The molecule has 46 heavy (non-hydrogen) atoms. The van der Waals surface area contributed by atoms with E-state index in [0.717, 1.165) is 43.4 Å². The van der Waals surface area contributed by atoms with Crippen molar-refractivity contribution in [1.29, 1.82) is 0 Å². The van der Waals surface area contributed by atoms with E-state index >= 15 is 0 Å². The molecule has 0 bridgehead atoms. The molecule has 2 aliphatic heterocycles. The Balaban J connectivity index is 1.07. The van der Waals surface area contributed by atoms with Crippen LogP contribution in [0.3, 0.4) is 0 Å². The van der Waals surface area contributed by atoms with Crippen LogP contribution in [0.1, 0.15) is 37.3 Å². The number of likely N-dealkylation sites (tertiary alicyclic amines) is 1. The average molecular weight is 622 g/mol. The second-order valence-corrected chi connectivity index (χ2v) is 11.5. The molecular weight excluding hydrogens is 589 g/mol. The number of nitrogens with one attached hydrogen (secondary N) is 2. The Bertz CT molecular complexity index is 1890. The molecule has 5 aromatic rings. The maximum absolute atomic E-state index is 14.3. The van der Waals surface area contributed by atoms with E-state index in [9.17, 15) is 14.0 Å². The number of para-hydroxylation sites is 1. The molecule has 2 fully saturated rings. The van der Waals surface area contributed by atoms with E-state index < -0.39 is 17.8 Å². The molecule has 2 aromatic carbocycles. The Morgan fingerprint density at radius 2 is 1.74 bits per heavy atom. The normalized spacial score (nSPS) is 17.6. The van der Waals surface area contributed by atoms with Gasteiger partial charge < -0.3 is 15.8 Å². The molecule has 0 radical (unpaired) electrons. The van der Waals surface area contributed by atoms with E-state index in [0.29, 0.717) is 52.6 Å². The van der Waals surface area contributed by atoms with E-state index in [4.69, 9.17) is 15.6 Å². The number of carbonyl (C=O) groups excluding carboxylic acids is 2. The highest BCUT2D eigenvalue weighted by Crippen LogP contribution is 2.35. The lowest BCUT2D eigenvalue weighted by Crippen LogP contribution is -2.47. The zero-order chi connectivity index (χ0) is 31.6. The van der Waals surface area contributed by atoms with Crippen molar-refractivity contribution in [2.24, 2.45) is 0 Å². The van der Waals surface area contributed by atoms with Gasteiger partial charge in [-0.25, -0.2) is 24.0 Å². The van der Waals surface area contributed by atoms with Gasteiger partial charge in [-0.15, -0.1) is 0 Å². The molecule has 0 spiro atoms. The SMILES string of the molecule is Nc1ncnc2c1c(-c1ccc(Oc3ccccc3)cc1)nn2C1CCN(Cc2cc(F)cnc2NC2CCC(=O)NC2=O)CC1. The third kappa shape index (κ3) is 6.09. The van der Waals surface area contributed by atoms with Gasteiger partial charge in [0, 0.05) is 37.2 Å². The molecule has 0 saturated carbocycles. The first-order valence-corrected chi connectivity index (χ1v) is 15.2. The zero-order valence-corrected chi connectivity index (χ0v) is 24.9. The number of amides is 2. The number of nitrogen functional groups attached to an aromatic ring is 1. The number of carbonyl (C=O) groups is 2. The highest BCUT2D eigenvalue weighted by atomic mass is 19.1. The molecule has 3 aromatic heterocycles. The van der Waals surface area contributed by atoms with E-state index in [2.05, 4.69) is 30.5 Å². The van der Waals surface area contributed by atoms with Gasteiger partial charge >= 0.3 is 0 Å². The number of ether oxygens (including phenoxy) is 1. The minimum Gasteiger partial charge on any atom is -0.457 e. The van der Waals surface area contributed by atoms with Crippen molar-refractivity contribution >= 4 is 34.5 Å². The van der Waals surface area contributed by atoms with Crippen molar-refractivity contribution in [2.45, 2.75) is 44.3 Å². The zero-order valence-electron chi connectivity index (χ0n) is 24.9. The molecule has 1 atom stereocenters. The molecule has 7 rings (SSSR count). The van der Waals surface area contributed by atoms with Crippen LogP contribution in [0.5, 0.6) is 11.5 Å². The van der Waals surface area contributed by atoms with Gasteiger partial charge in [0.25, 0.3) is 0 Å². The number of halogens is 1. The highest BCUT2D eigenvalue weighted by molar-refractivity contribution is 6.01. The van der Waals surface area contributed by atoms with E-state index in [1.165, 1.54) is 12.4 Å². The lowest BCUT2D eigenvalue weighted by molar-refractivity contribution is -0.133. The van der Waals surface area contributed by atoms with Gasteiger partial charge in [0.2, 0.25) is 11.8 Å². The van der Waals surface area contributed by atoms with Crippen LogP contribution in [-0.4, -0.2) is 60.6 Å². The number of benzene rings is 2. The Morgan fingerprint density at radius 3 is 2.50 bits per heavy atom. The van der Waals surface area contributed by atoms with Crippen LogP contribution < -0.4 is 21.1 Å². The van der Waals surface area contributed by atoms with Crippen LogP contribution in [0, 0.1) is 5.82 Å². The van der Waals surface area contributed by atoms with Crippen molar-refractivity contribution in [2.75, 3.05) is 24.1 Å². The van der Waals surface area contributed by atoms with Crippen molar-refractivity contribution in [1.82, 2.24) is 34.9 Å². The Morgan fingerprint density at radius 1 is 0.978 bits per heavy atom. The first-order chi connectivity index (χ1) is 22.4. The van der Waals surface area contributed by atoms with E-state index in [1.807, 2.05) is 59.3 Å². The van der Waals surface area contributed by atoms with Crippen molar-refractivity contribution in [3.63, 3.8) is 0 Å². The smallest absolute Gasteiger partial charge is 0.249 e. The van der Waals surface area contributed by atoms with Crippen LogP contribution >= 0.6 is 0 Å². The molecule has 2 amide bonds. The fourth-order valence-electron chi connectivity index (χ4n) is 6.05. The molecule has 12 nitrogen and oxygen atoms in total. The van der Waals surface area contributed by atoms with Gasteiger partial charge in [-0.05, 0) is 61.7 Å². The standard InChI is InChI=1S/C33H32FN9O3/c34-22-16-21(31(36-17-22)39-26-10-11-27(44)40-33(26)45)18-42-14-12-23(13-15-42)43-32-28(30(35)37-19-38-32)29(41-43)20-6-8-25(9-7-20)46-24-4-2-1-3-5-24/h1-9,16-17,19,23,26H,10-15,18H2,(H,36,39)(H2,35,37,38)(H,40,44,45). The molecule has 13 heteroatoms. The Hall–Kier alpha value is -5.43. The van der Waals surface area contributed by atoms with Gasteiger partial charge in [0.15, 0.2) is 5.65 Å². The summed E-state index contributed by atoms with van der Waals surface area (Å²) in [5.41, 5.74) is 9.27. The monoisotopic (exact) mass is 621 g/mol. The third-order valence-corrected chi connectivity index (χ3v) is 8.41. The number of fused-ring (bicyclic) bond motifs is 1. The Labute approximate surface area is 263 Å². The summed E-state index contributed by atoms with van der Waals surface area (Å²) < 4.78 is 22.2. The maximum Gasteiger partial charge on any atom is 0.249 e. The van der Waals surface area contributed by atoms with E-state index in [-0.39, 0.29) is 18.4 Å².